The van der Waals surface area contributed by atoms with Crippen molar-refractivity contribution in [3.63, 3.8) is 0 Å². The van der Waals surface area contributed by atoms with Crippen LogP contribution in [0.1, 0.15) is 26.2 Å². The van der Waals surface area contributed by atoms with Crippen molar-refractivity contribution in [2.75, 3.05) is 26.7 Å². The Hall–Kier alpha value is -1.69. The maximum Gasteiger partial charge on any atom is 0.139 e. The second kappa shape index (κ2) is 9.35. The molecule has 0 spiro atoms. The number of allylic oxidation sites excluding steroid dienone is 1. The van der Waals surface area contributed by atoms with Crippen LogP contribution in [0, 0.1) is 12.3 Å². The second-order valence-corrected chi connectivity index (χ2v) is 4.31. The Labute approximate surface area is 111 Å². The lowest BCUT2D eigenvalue weighted by Gasteiger charge is -2.29. The van der Waals surface area contributed by atoms with Crippen molar-refractivity contribution in [2.24, 2.45) is 0 Å². The molecule has 0 aliphatic rings. The Kier molecular flexibility index (Phi) is 8.47. The highest BCUT2D eigenvalue weighted by Gasteiger charge is 2.09. The molecule has 0 saturated carbocycles. The third-order valence-corrected chi connectivity index (χ3v) is 2.75. The molecule has 3 heteroatoms. The number of nitrogens with zero attached hydrogens (tertiary/aromatic N) is 2. The standard InChI is InChI=1S/C15H24N2O/c1-6-8-9-14(3)16(5)13-15(4)17(10-7-2)11-12-18/h1,12H,3-4,7-11,13H2,2,5H3. The molecule has 0 atom stereocenters. The van der Waals surface area contributed by atoms with Gasteiger partial charge in [-0.25, -0.2) is 0 Å². The van der Waals surface area contributed by atoms with Gasteiger partial charge in [-0.15, -0.1) is 12.3 Å². The minimum atomic E-state index is 0.400. The van der Waals surface area contributed by atoms with E-state index in [-0.39, 0.29) is 0 Å². The molecule has 0 N–H and O–H groups in total. The highest BCUT2D eigenvalue weighted by molar-refractivity contribution is 5.52. The van der Waals surface area contributed by atoms with Crippen LogP contribution in [0.25, 0.3) is 0 Å². The molecule has 0 saturated heterocycles. The average Bonchev–Trinajstić information content (AvgIpc) is 2.35. The van der Waals surface area contributed by atoms with Gasteiger partial charge in [-0.2, -0.15) is 0 Å². The van der Waals surface area contributed by atoms with Gasteiger partial charge in [-0.05, 0) is 12.8 Å². The molecular formula is C15H24N2O. The molecule has 0 radical (unpaired) electrons. The molecule has 0 aliphatic heterocycles. The molecule has 0 amide bonds. The summed E-state index contributed by atoms with van der Waals surface area (Å²) < 4.78 is 0. The highest BCUT2D eigenvalue weighted by Crippen LogP contribution is 2.11. The second-order valence-electron chi connectivity index (χ2n) is 4.31. The van der Waals surface area contributed by atoms with Crippen molar-refractivity contribution in [2.45, 2.75) is 26.2 Å². The first-order chi connectivity index (χ1) is 8.56. The number of rotatable bonds is 10. The van der Waals surface area contributed by atoms with Crippen LogP contribution in [0.15, 0.2) is 24.6 Å². The van der Waals surface area contributed by atoms with E-state index in [0.29, 0.717) is 19.5 Å². The molecule has 0 fully saturated rings. The van der Waals surface area contributed by atoms with Gasteiger partial charge < -0.3 is 14.6 Å². The summed E-state index contributed by atoms with van der Waals surface area (Å²) >= 11 is 0. The monoisotopic (exact) mass is 248 g/mol. The van der Waals surface area contributed by atoms with Crippen molar-refractivity contribution in [1.82, 2.24) is 9.80 Å². The maximum absolute atomic E-state index is 10.6. The maximum atomic E-state index is 10.6. The van der Waals surface area contributed by atoms with Gasteiger partial charge in [0.05, 0.1) is 13.1 Å². The fraction of sp³-hybridized carbons (Fsp3) is 0.533. The fourth-order valence-electron chi connectivity index (χ4n) is 1.63. The Balaban J connectivity index is 4.30. The summed E-state index contributed by atoms with van der Waals surface area (Å²) in [6, 6.07) is 0. The lowest BCUT2D eigenvalue weighted by Crippen LogP contribution is -2.32. The molecule has 3 nitrogen and oxygen atoms in total. The Bertz CT molecular complexity index is 328. The van der Waals surface area contributed by atoms with E-state index < -0.39 is 0 Å². The van der Waals surface area contributed by atoms with E-state index in [1.807, 2.05) is 16.8 Å². The van der Waals surface area contributed by atoms with E-state index in [1.54, 1.807) is 0 Å². The van der Waals surface area contributed by atoms with Gasteiger partial charge in [0.2, 0.25) is 0 Å². The zero-order valence-corrected chi connectivity index (χ0v) is 11.6. The molecule has 18 heavy (non-hydrogen) atoms. The van der Waals surface area contributed by atoms with E-state index in [0.717, 1.165) is 37.1 Å². The predicted octanol–water partition coefficient (Wildman–Crippen LogP) is 2.27. The molecule has 100 valence electrons. The van der Waals surface area contributed by atoms with Gasteiger partial charge in [0.1, 0.15) is 6.29 Å². The first-order valence-electron chi connectivity index (χ1n) is 6.25. The normalized spacial score (nSPS) is 9.39. The third kappa shape index (κ3) is 6.15. The quantitative estimate of drug-likeness (QED) is 0.438. The van der Waals surface area contributed by atoms with E-state index in [9.17, 15) is 4.79 Å². The van der Waals surface area contributed by atoms with Gasteiger partial charge in [0, 0.05) is 31.4 Å². The van der Waals surface area contributed by atoms with Crippen LogP contribution in [0.4, 0.5) is 0 Å². The SMILES string of the molecule is C#CCCC(=C)N(C)CC(=C)N(CC=O)CCC. The molecule has 0 aromatic heterocycles. The summed E-state index contributed by atoms with van der Waals surface area (Å²) in [5.74, 6) is 2.60. The Morgan fingerprint density at radius 3 is 2.56 bits per heavy atom. The zero-order chi connectivity index (χ0) is 14.0. The summed E-state index contributed by atoms with van der Waals surface area (Å²) in [6.45, 7) is 12.0. The van der Waals surface area contributed by atoms with E-state index in [1.165, 1.54) is 0 Å². The molecule has 0 bridgehead atoms. The van der Waals surface area contributed by atoms with Crippen LogP contribution < -0.4 is 0 Å². The number of hydrogen-bond acceptors (Lipinski definition) is 3. The number of hydrogen-bond donors (Lipinski definition) is 0. The lowest BCUT2D eigenvalue weighted by molar-refractivity contribution is -0.108. The van der Waals surface area contributed by atoms with E-state index >= 15 is 0 Å². The number of aldehydes is 1. The van der Waals surface area contributed by atoms with Crippen molar-refractivity contribution in [1.29, 1.82) is 0 Å². The molecular weight excluding hydrogens is 224 g/mol. The zero-order valence-electron chi connectivity index (χ0n) is 11.6. The molecule has 0 heterocycles. The Morgan fingerprint density at radius 2 is 2.06 bits per heavy atom. The summed E-state index contributed by atoms with van der Waals surface area (Å²) in [7, 11) is 1.97. The Morgan fingerprint density at radius 1 is 1.39 bits per heavy atom. The molecule has 0 aromatic carbocycles. The first-order valence-corrected chi connectivity index (χ1v) is 6.25. The highest BCUT2D eigenvalue weighted by atomic mass is 16.1. The predicted molar refractivity (Wildman–Crippen MR) is 76.9 cm³/mol. The minimum Gasteiger partial charge on any atom is -0.373 e. The number of terminal acetylenes is 1. The number of likely N-dealkylation sites (N-methyl/N-ethyl adjacent to an activating group) is 1. The van der Waals surface area contributed by atoms with Crippen LogP contribution >= 0.6 is 0 Å². The number of carbonyl (C=O) groups is 1. The summed E-state index contributed by atoms with van der Waals surface area (Å²) in [6.07, 6.45) is 8.63. The van der Waals surface area contributed by atoms with Gasteiger partial charge in [-0.1, -0.05) is 20.1 Å². The number of carbonyl (C=O) groups excluding carboxylic acids is 1. The molecule has 0 aromatic rings. The fourth-order valence-corrected chi connectivity index (χ4v) is 1.63. The molecule has 0 unspecified atom stereocenters. The van der Waals surface area contributed by atoms with Crippen molar-refractivity contribution < 1.29 is 4.79 Å². The van der Waals surface area contributed by atoms with Crippen molar-refractivity contribution in [3.8, 4) is 12.3 Å². The summed E-state index contributed by atoms with van der Waals surface area (Å²) in [5, 5.41) is 0. The van der Waals surface area contributed by atoms with Gasteiger partial charge in [0.25, 0.3) is 0 Å². The largest absolute Gasteiger partial charge is 0.373 e. The molecule has 0 aliphatic carbocycles. The van der Waals surface area contributed by atoms with Crippen LogP contribution in [0.5, 0.6) is 0 Å². The van der Waals surface area contributed by atoms with Gasteiger partial charge in [0.15, 0.2) is 0 Å². The van der Waals surface area contributed by atoms with Crippen LogP contribution in [0.3, 0.4) is 0 Å². The summed E-state index contributed by atoms with van der Waals surface area (Å²) in [4.78, 5) is 14.7. The smallest absolute Gasteiger partial charge is 0.139 e. The van der Waals surface area contributed by atoms with Crippen molar-refractivity contribution in [3.05, 3.63) is 24.6 Å². The van der Waals surface area contributed by atoms with Crippen LogP contribution in [-0.2, 0) is 4.79 Å². The average molecular weight is 248 g/mol. The van der Waals surface area contributed by atoms with Crippen molar-refractivity contribution >= 4 is 6.29 Å². The molecule has 0 rings (SSSR count). The third-order valence-electron chi connectivity index (χ3n) is 2.75. The van der Waals surface area contributed by atoms with Gasteiger partial charge >= 0.3 is 0 Å². The summed E-state index contributed by atoms with van der Waals surface area (Å²) in [5.41, 5.74) is 1.94. The minimum absolute atomic E-state index is 0.400. The van der Waals surface area contributed by atoms with E-state index in [4.69, 9.17) is 6.42 Å². The van der Waals surface area contributed by atoms with Crippen LogP contribution in [-0.4, -0.2) is 42.8 Å². The first kappa shape index (κ1) is 16.3. The van der Waals surface area contributed by atoms with E-state index in [2.05, 4.69) is 26.0 Å². The topological polar surface area (TPSA) is 23.6 Å². The lowest BCUT2D eigenvalue weighted by atomic mass is 10.2. The van der Waals surface area contributed by atoms with Gasteiger partial charge in [-0.3, -0.25) is 0 Å². The van der Waals surface area contributed by atoms with Crippen LogP contribution in [0.2, 0.25) is 0 Å².